The number of amides is 1. The van der Waals surface area contributed by atoms with Gasteiger partial charge in [-0.3, -0.25) is 9.78 Å². The van der Waals surface area contributed by atoms with Crippen molar-refractivity contribution in [2.75, 3.05) is 13.1 Å². The molecule has 1 saturated heterocycles. The zero-order valence-corrected chi connectivity index (χ0v) is 15.9. The number of carbonyl (C=O) groups is 1. The van der Waals surface area contributed by atoms with Gasteiger partial charge in [-0.1, -0.05) is 42.5 Å². The van der Waals surface area contributed by atoms with Gasteiger partial charge in [0.25, 0.3) is 5.91 Å². The summed E-state index contributed by atoms with van der Waals surface area (Å²) in [6, 6.07) is 20.9. The molecule has 1 aliphatic heterocycles. The number of carbonyl (C=O) groups excluding carboxylic acids is 1. The zero-order chi connectivity index (χ0) is 18.9. The van der Waals surface area contributed by atoms with E-state index in [1.54, 1.807) is 6.20 Å². The molecule has 3 aromatic rings. The molecule has 0 N–H and O–H groups in total. The maximum absolute atomic E-state index is 13.2. The summed E-state index contributed by atoms with van der Waals surface area (Å²) in [5.74, 6) is 1.15. The summed E-state index contributed by atoms with van der Waals surface area (Å²) in [6.07, 6.45) is 7.19. The van der Waals surface area contributed by atoms with Crippen molar-refractivity contribution in [2.45, 2.75) is 31.1 Å². The molecule has 3 heteroatoms. The van der Waals surface area contributed by atoms with Gasteiger partial charge in [-0.15, -0.1) is 0 Å². The number of pyridine rings is 1. The van der Waals surface area contributed by atoms with Crippen molar-refractivity contribution in [3.8, 4) is 11.1 Å². The fraction of sp³-hybridized carbons (Fsp3) is 0.280. The highest BCUT2D eigenvalue weighted by Gasteiger charge is 2.30. The summed E-state index contributed by atoms with van der Waals surface area (Å²) in [4.78, 5) is 19.4. The van der Waals surface area contributed by atoms with E-state index in [1.807, 2.05) is 29.3 Å². The van der Waals surface area contributed by atoms with Crippen LogP contribution in [-0.2, 0) is 0 Å². The first-order chi connectivity index (χ1) is 13.8. The molecular weight excluding hydrogens is 344 g/mol. The molecule has 2 fully saturated rings. The fourth-order valence-corrected chi connectivity index (χ4v) is 4.33. The molecule has 0 spiro atoms. The van der Waals surface area contributed by atoms with Crippen molar-refractivity contribution in [1.29, 1.82) is 0 Å². The van der Waals surface area contributed by atoms with Gasteiger partial charge in [-0.2, -0.15) is 0 Å². The van der Waals surface area contributed by atoms with Crippen molar-refractivity contribution < 1.29 is 4.79 Å². The lowest BCUT2D eigenvalue weighted by Gasteiger charge is -2.18. The third-order valence-corrected chi connectivity index (χ3v) is 6.03. The molecule has 28 heavy (non-hydrogen) atoms. The monoisotopic (exact) mass is 368 g/mol. The Bertz CT molecular complexity index is 980. The largest absolute Gasteiger partial charge is 0.338 e. The molecule has 1 aromatic heterocycles. The summed E-state index contributed by atoms with van der Waals surface area (Å²) in [5.41, 5.74) is 5.90. The summed E-state index contributed by atoms with van der Waals surface area (Å²) in [6.45, 7) is 1.60. The van der Waals surface area contributed by atoms with E-state index in [1.165, 1.54) is 35.1 Å². The van der Waals surface area contributed by atoms with Gasteiger partial charge in [0.2, 0.25) is 0 Å². The molecule has 2 aliphatic rings. The lowest BCUT2D eigenvalue weighted by Crippen LogP contribution is -2.28. The molecule has 5 rings (SSSR count). The zero-order valence-electron chi connectivity index (χ0n) is 15.9. The normalized spacial score (nSPS) is 19.0. The van der Waals surface area contributed by atoms with Crippen LogP contribution >= 0.6 is 0 Å². The lowest BCUT2D eigenvalue weighted by molar-refractivity contribution is 0.0790. The van der Waals surface area contributed by atoms with Crippen LogP contribution in [0.15, 0.2) is 73.1 Å². The third kappa shape index (κ3) is 3.33. The van der Waals surface area contributed by atoms with Gasteiger partial charge in [-0.05, 0) is 65.6 Å². The highest BCUT2D eigenvalue weighted by Crippen LogP contribution is 2.45. The Hall–Kier alpha value is -2.94. The summed E-state index contributed by atoms with van der Waals surface area (Å²) < 4.78 is 0. The van der Waals surface area contributed by atoms with Crippen molar-refractivity contribution in [2.24, 2.45) is 0 Å². The maximum Gasteiger partial charge on any atom is 0.253 e. The van der Waals surface area contributed by atoms with Crippen LogP contribution in [-0.4, -0.2) is 28.9 Å². The molecule has 0 radical (unpaired) electrons. The number of nitrogens with zero attached hydrogens (tertiary/aromatic N) is 2. The fourth-order valence-electron chi connectivity index (χ4n) is 4.33. The van der Waals surface area contributed by atoms with Crippen LogP contribution in [0.25, 0.3) is 11.1 Å². The van der Waals surface area contributed by atoms with Crippen LogP contribution in [0.1, 0.15) is 52.6 Å². The number of hydrogen-bond acceptors (Lipinski definition) is 2. The molecule has 1 saturated carbocycles. The van der Waals surface area contributed by atoms with Gasteiger partial charge >= 0.3 is 0 Å². The van der Waals surface area contributed by atoms with Crippen LogP contribution in [0.2, 0.25) is 0 Å². The van der Waals surface area contributed by atoms with Crippen LogP contribution in [0.3, 0.4) is 0 Å². The Balaban J connectivity index is 1.39. The molecular formula is C25H24N2O. The molecule has 2 heterocycles. The molecule has 140 valence electrons. The average Bonchev–Trinajstić information content (AvgIpc) is 3.50. The van der Waals surface area contributed by atoms with Crippen molar-refractivity contribution in [1.82, 2.24) is 9.88 Å². The van der Waals surface area contributed by atoms with E-state index in [9.17, 15) is 4.79 Å². The Labute approximate surface area is 166 Å². The first-order valence-corrected chi connectivity index (χ1v) is 10.2. The van der Waals surface area contributed by atoms with E-state index in [4.69, 9.17) is 0 Å². The molecule has 1 aliphatic carbocycles. The minimum absolute atomic E-state index is 0.160. The molecule has 1 atom stereocenters. The SMILES string of the molecule is O=C(c1ccc(-c2ccccc2)c(C2CC2)c1)N1CCC(c2cccnc2)C1. The minimum atomic E-state index is 0.160. The summed E-state index contributed by atoms with van der Waals surface area (Å²) in [7, 11) is 0. The van der Waals surface area contributed by atoms with Crippen molar-refractivity contribution in [3.63, 3.8) is 0 Å². The van der Waals surface area contributed by atoms with E-state index in [2.05, 4.69) is 47.4 Å². The quantitative estimate of drug-likeness (QED) is 0.630. The Morgan fingerprint density at radius 1 is 0.929 bits per heavy atom. The highest BCUT2D eigenvalue weighted by atomic mass is 16.2. The number of rotatable bonds is 4. The molecule has 1 amide bonds. The predicted molar refractivity (Wildman–Crippen MR) is 111 cm³/mol. The van der Waals surface area contributed by atoms with Crippen molar-refractivity contribution >= 4 is 5.91 Å². The summed E-state index contributed by atoms with van der Waals surface area (Å²) in [5, 5.41) is 0. The topological polar surface area (TPSA) is 33.2 Å². The van der Waals surface area contributed by atoms with E-state index >= 15 is 0 Å². The van der Waals surface area contributed by atoms with E-state index < -0.39 is 0 Å². The third-order valence-electron chi connectivity index (χ3n) is 6.03. The number of aromatic nitrogens is 1. The van der Waals surface area contributed by atoms with Crippen LogP contribution in [0.4, 0.5) is 0 Å². The first kappa shape index (κ1) is 17.2. The second kappa shape index (κ2) is 7.23. The van der Waals surface area contributed by atoms with Gasteiger partial charge in [0.1, 0.15) is 0 Å². The van der Waals surface area contributed by atoms with E-state index in [-0.39, 0.29) is 5.91 Å². The van der Waals surface area contributed by atoms with Gasteiger partial charge in [0, 0.05) is 37.0 Å². The Morgan fingerprint density at radius 3 is 2.54 bits per heavy atom. The average molecular weight is 368 g/mol. The molecule has 1 unspecified atom stereocenters. The highest BCUT2D eigenvalue weighted by molar-refractivity contribution is 5.95. The second-order valence-electron chi connectivity index (χ2n) is 7.97. The van der Waals surface area contributed by atoms with E-state index in [0.29, 0.717) is 11.8 Å². The van der Waals surface area contributed by atoms with Crippen LogP contribution in [0, 0.1) is 0 Å². The standard InChI is InChI=1S/C25H24N2O/c28-25(27-14-12-22(17-27)21-7-4-13-26-16-21)20-10-11-23(18-5-2-1-3-6-18)24(15-20)19-8-9-19/h1-7,10-11,13,15-16,19,22H,8-9,12,14,17H2. The van der Waals surface area contributed by atoms with Gasteiger partial charge in [0.05, 0.1) is 0 Å². The van der Waals surface area contributed by atoms with Gasteiger partial charge in [-0.25, -0.2) is 0 Å². The van der Waals surface area contributed by atoms with Crippen LogP contribution in [0.5, 0.6) is 0 Å². The van der Waals surface area contributed by atoms with Crippen molar-refractivity contribution in [3.05, 3.63) is 89.7 Å². The van der Waals surface area contributed by atoms with Gasteiger partial charge < -0.3 is 4.90 Å². The summed E-state index contributed by atoms with van der Waals surface area (Å²) >= 11 is 0. The maximum atomic E-state index is 13.2. The smallest absolute Gasteiger partial charge is 0.253 e. The van der Waals surface area contributed by atoms with Gasteiger partial charge in [0.15, 0.2) is 0 Å². The lowest BCUT2D eigenvalue weighted by atomic mass is 9.94. The second-order valence-corrected chi connectivity index (χ2v) is 7.97. The number of benzene rings is 2. The molecule has 3 nitrogen and oxygen atoms in total. The predicted octanol–water partition coefficient (Wildman–Crippen LogP) is 5.26. The first-order valence-electron chi connectivity index (χ1n) is 10.2. The number of likely N-dealkylation sites (tertiary alicyclic amines) is 1. The number of hydrogen-bond donors (Lipinski definition) is 0. The van der Waals surface area contributed by atoms with E-state index in [0.717, 1.165) is 25.1 Å². The Kier molecular flexibility index (Phi) is 4.44. The molecule has 0 bridgehead atoms. The van der Waals surface area contributed by atoms with Crippen LogP contribution < -0.4 is 0 Å². The molecule has 2 aromatic carbocycles. The Morgan fingerprint density at radius 2 is 1.79 bits per heavy atom. The minimum Gasteiger partial charge on any atom is -0.338 e.